The maximum atomic E-state index is 12.7. The van der Waals surface area contributed by atoms with Crippen LogP contribution in [0, 0.1) is 0 Å². The van der Waals surface area contributed by atoms with Gasteiger partial charge in [0.05, 0.1) is 12.8 Å². The Morgan fingerprint density at radius 1 is 1.20 bits per heavy atom. The zero-order valence-corrected chi connectivity index (χ0v) is 14.9. The predicted molar refractivity (Wildman–Crippen MR) is 95.1 cm³/mol. The first kappa shape index (κ1) is 17.6. The van der Waals surface area contributed by atoms with Gasteiger partial charge in [-0.2, -0.15) is 4.31 Å². The number of sulfonamides is 1. The summed E-state index contributed by atoms with van der Waals surface area (Å²) in [6.07, 6.45) is 5.16. The fourth-order valence-corrected chi connectivity index (χ4v) is 3.67. The predicted octanol–water partition coefficient (Wildman–Crippen LogP) is 1.43. The Hall–Kier alpha value is -2.25. The van der Waals surface area contributed by atoms with Crippen LogP contribution in [0.3, 0.4) is 0 Å². The molecule has 1 aromatic heterocycles. The van der Waals surface area contributed by atoms with E-state index in [2.05, 4.69) is 11.1 Å². The van der Waals surface area contributed by atoms with Crippen LogP contribution in [0.25, 0.3) is 0 Å². The van der Waals surface area contributed by atoms with Gasteiger partial charge in [-0.05, 0) is 29.2 Å². The lowest BCUT2D eigenvalue weighted by atomic mass is 10.00. The van der Waals surface area contributed by atoms with E-state index in [1.165, 1.54) is 9.87 Å². The second-order valence-electron chi connectivity index (χ2n) is 6.23. The number of nitrogens with zero attached hydrogens (tertiary/aromatic N) is 3. The molecule has 0 fully saturated rings. The second kappa shape index (κ2) is 7.33. The Morgan fingerprint density at radius 3 is 2.64 bits per heavy atom. The highest BCUT2D eigenvalue weighted by Gasteiger charge is 2.26. The molecule has 7 heteroatoms. The summed E-state index contributed by atoms with van der Waals surface area (Å²) in [6, 6.07) is 11.6. The standard InChI is InChI=1S/C18H21N3O3S/c1-25(23,24)21(12-15-5-4-9-19-11-15)14-18(22)20-10-8-16-6-2-3-7-17(16)13-20/h2-7,9,11H,8,10,12-14H2,1H3. The van der Waals surface area contributed by atoms with Crippen LogP contribution in [0.5, 0.6) is 0 Å². The van der Waals surface area contributed by atoms with Gasteiger partial charge in [-0.3, -0.25) is 9.78 Å². The molecule has 0 radical (unpaired) electrons. The fraction of sp³-hybridized carbons (Fsp3) is 0.333. The van der Waals surface area contributed by atoms with Gasteiger partial charge in [-0.15, -0.1) is 0 Å². The Morgan fingerprint density at radius 2 is 1.96 bits per heavy atom. The molecule has 6 nitrogen and oxygen atoms in total. The highest BCUT2D eigenvalue weighted by Crippen LogP contribution is 2.19. The van der Waals surface area contributed by atoms with E-state index < -0.39 is 10.0 Å². The summed E-state index contributed by atoms with van der Waals surface area (Å²) in [4.78, 5) is 18.4. The first-order chi connectivity index (χ1) is 11.9. The van der Waals surface area contributed by atoms with Crippen LogP contribution in [0.4, 0.5) is 0 Å². The van der Waals surface area contributed by atoms with Crippen molar-refractivity contribution in [3.05, 3.63) is 65.5 Å². The molecule has 1 aromatic carbocycles. The molecule has 0 aliphatic carbocycles. The minimum Gasteiger partial charge on any atom is -0.337 e. The molecule has 2 aromatic rings. The van der Waals surface area contributed by atoms with Crippen molar-refractivity contribution in [1.82, 2.24) is 14.2 Å². The molecule has 2 heterocycles. The third kappa shape index (κ3) is 4.43. The number of fused-ring (bicyclic) bond motifs is 1. The molecule has 0 saturated carbocycles. The van der Waals surface area contributed by atoms with Crippen LogP contribution < -0.4 is 0 Å². The summed E-state index contributed by atoms with van der Waals surface area (Å²) in [6.45, 7) is 1.12. The number of hydrogen-bond acceptors (Lipinski definition) is 4. The molecule has 1 aliphatic heterocycles. The molecule has 132 valence electrons. The monoisotopic (exact) mass is 359 g/mol. The van der Waals surface area contributed by atoms with Gasteiger partial charge < -0.3 is 4.90 Å². The van der Waals surface area contributed by atoms with Gasteiger partial charge in [0.2, 0.25) is 15.9 Å². The molecule has 0 unspecified atom stereocenters. The Balaban J connectivity index is 1.71. The third-order valence-corrected chi connectivity index (χ3v) is 5.54. The zero-order chi connectivity index (χ0) is 17.9. The second-order valence-corrected chi connectivity index (χ2v) is 8.21. The van der Waals surface area contributed by atoms with E-state index in [4.69, 9.17) is 0 Å². The Labute approximate surface area is 148 Å². The Bertz CT molecular complexity index is 853. The van der Waals surface area contributed by atoms with Crippen molar-refractivity contribution in [2.24, 2.45) is 0 Å². The Kier molecular flexibility index (Phi) is 5.15. The van der Waals surface area contributed by atoms with Gasteiger partial charge >= 0.3 is 0 Å². The molecule has 1 amide bonds. The lowest BCUT2D eigenvalue weighted by Crippen LogP contribution is -2.44. The van der Waals surface area contributed by atoms with Crippen molar-refractivity contribution in [3.8, 4) is 0 Å². The molecule has 1 aliphatic rings. The number of pyridine rings is 1. The van der Waals surface area contributed by atoms with Crippen LogP contribution >= 0.6 is 0 Å². The SMILES string of the molecule is CS(=O)(=O)N(CC(=O)N1CCc2ccccc2C1)Cc1cccnc1. The van der Waals surface area contributed by atoms with Crippen LogP contribution in [0.2, 0.25) is 0 Å². The summed E-state index contributed by atoms with van der Waals surface area (Å²) < 4.78 is 25.4. The first-order valence-electron chi connectivity index (χ1n) is 8.12. The largest absolute Gasteiger partial charge is 0.337 e. The summed E-state index contributed by atoms with van der Waals surface area (Å²) in [5.74, 6) is -0.177. The molecule has 0 saturated heterocycles. The summed E-state index contributed by atoms with van der Waals surface area (Å²) in [5.41, 5.74) is 3.13. The summed E-state index contributed by atoms with van der Waals surface area (Å²) in [7, 11) is -3.50. The van der Waals surface area contributed by atoms with Crippen molar-refractivity contribution in [2.45, 2.75) is 19.5 Å². The minimum absolute atomic E-state index is 0.142. The van der Waals surface area contributed by atoms with Crippen LogP contribution in [-0.4, -0.2) is 47.9 Å². The van der Waals surface area contributed by atoms with Gasteiger partial charge in [0, 0.05) is 32.0 Å². The molecule has 0 N–H and O–H groups in total. The lowest BCUT2D eigenvalue weighted by Gasteiger charge is -2.30. The average molecular weight is 359 g/mol. The molecule has 25 heavy (non-hydrogen) atoms. The van der Waals surface area contributed by atoms with Gasteiger partial charge in [-0.1, -0.05) is 30.3 Å². The molecule has 3 rings (SSSR count). The maximum Gasteiger partial charge on any atom is 0.238 e. The van der Waals surface area contributed by atoms with Gasteiger partial charge in [-0.25, -0.2) is 8.42 Å². The van der Waals surface area contributed by atoms with E-state index in [0.717, 1.165) is 23.8 Å². The number of benzene rings is 1. The van der Waals surface area contributed by atoms with Gasteiger partial charge in [0.25, 0.3) is 0 Å². The van der Waals surface area contributed by atoms with Crippen molar-refractivity contribution in [3.63, 3.8) is 0 Å². The normalized spacial score (nSPS) is 14.4. The van der Waals surface area contributed by atoms with E-state index in [-0.39, 0.29) is 19.0 Å². The highest BCUT2D eigenvalue weighted by molar-refractivity contribution is 7.88. The number of aromatic nitrogens is 1. The van der Waals surface area contributed by atoms with Crippen molar-refractivity contribution in [2.75, 3.05) is 19.3 Å². The van der Waals surface area contributed by atoms with Crippen LogP contribution in [0.1, 0.15) is 16.7 Å². The number of hydrogen-bond donors (Lipinski definition) is 0. The van der Waals surface area contributed by atoms with Crippen molar-refractivity contribution >= 4 is 15.9 Å². The molecular weight excluding hydrogens is 338 g/mol. The third-order valence-electron chi connectivity index (χ3n) is 4.35. The maximum absolute atomic E-state index is 12.7. The lowest BCUT2D eigenvalue weighted by molar-refractivity contribution is -0.132. The van der Waals surface area contributed by atoms with E-state index in [0.29, 0.717) is 13.1 Å². The number of carbonyl (C=O) groups is 1. The quantitative estimate of drug-likeness (QED) is 0.810. The van der Waals surface area contributed by atoms with Crippen LogP contribution in [0.15, 0.2) is 48.8 Å². The smallest absolute Gasteiger partial charge is 0.238 e. The highest BCUT2D eigenvalue weighted by atomic mass is 32.2. The van der Waals surface area contributed by atoms with E-state index in [1.54, 1.807) is 29.4 Å². The summed E-state index contributed by atoms with van der Waals surface area (Å²) >= 11 is 0. The first-order valence-corrected chi connectivity index (χ1v) is 9.97. The number of amides is 1. The van der Waals surface area contributed by atoms with Crippen molar-refractivity contribution < 1.29 is 13.2 Å². The van der Waals surface area contributed by atoms with Gasteiger partial charge in [0.15, 0.2) is 0 Å². The zero-order valence-electron chi connectivity index (χ0n) is 14.1. The number of carbonyl (C=O) groups excluding carboxylic acids is 1. The van der Waals surface area contributed by atoms with Crippen molar-refractivity contribution in [1.29, 1.82) is 0 Å². The number of rotatable bonds is 5. The molecule has 0 spiro atoms. The van der Waals surface area contributed by atoms with E-state index in [9.17, 15) is 13.2 Å². The van der Waals surface area contributed by atoms with Gasteiger partial charge in [0.1, 0.15) is 0 Å². The molecule has 0 atom stereocenters. The fourth-order valence-electron chi connectivity index (χ4n) is 2.95. The average Bonchev–Trinajstić information content (AvgIpc) is 2.61. The molecule has 0 bridgehead atoms. The van der Waals surface area contributed by atoms with Crippen LogP contribution in [-0.2, 0) is 34.3 Å². The summed E-state index contributed by atoms with van der Waals surface area (Å²) in [5, 5.41) is 0. The topological polar surface area (TPSA) is 70.6 Å². The van der Waals surface area contributed by atoms with E-state index >= 15 is 0 Å². The molecular formula is C18H21N3O3S. The van der Waals surface area contributed by atoms with E-state index in [1.807, 2.05) is 18.2 Å². The minimum atomic E-state index is -3.50.